The minimum Gasteiger partial charge on any atom is -0.493 e. The molecule has 1 heterocycles. The number of amides is 1. The summed E-state index contributed by atoms with van der Waals surface area (Å²) >= 11 is 6.26. The van der Waals surface area contributed by atoms with Crippen LogP contribution in [0.2, 0.25) is 0 Å². The molecule has 0 aliphatic carbocycles. The van der Waals surface area contributed by atoms with E-state index in [9.17, 15) is 14.9 Å². The Morgan fingerprint density at radius 3 is 2.40 bits per heavy atom. The first-order valence-corrected chi connectivity index (χ1v) is 10.0. The van der Waals surface area contributed by atoms with Crippen LogP contribution in [-0.4, -0.2) is 47.4 Å². The van der Waals surface area contributed by atoms with Gasteiger partial charge in [-0.2, -0.15) is 0 Å². The molecule has 8 nitrogen and oxygen atoms in total. The van der Waals surface area contributed by atoms with Crippen LogP contribution in [0, 0.1) is 10.1 Å². The first kappa shape index (κ1) is 21.6. The van der Waals surface area contributed by atoms with E-state index in [4.69, 9.17) is 26.4 Å². The Kier molecular flexibility index (Phi) is 6.91. The van der Waals surface area contributed by atoms with Gasteiger partial charge in [-0.1, -0.05) is 36.1 Å². The topological polar surface area (TPSA) is 91.1 Å². The van der Waals surface area contributed by atoms with Crippen molar-refractivity contribution in [2.45, 2.75) is 0 Å². The van der Waals surface area contributed by atoms with Gasteiger partial charge in [0.25, 0.3) is 11.6 Å². The Morgan fingerprint density at radius 2 is 1.80 bits per heavy atom. The number of hydrogen-bond acceptors (Lipinski definition) is 8. The molecule has 2 aromatic rings. The van der Waals surface area contributed by atoms with Gasteiger partial charge in [0, 0.05) is 24.7 Å². The predicted molar refractivity (Wildman–Crippen MR) is 118 cm³/mol. The van der Waals surface area contributed by atoms with Gasteiger partial charge in [-0.25, -0.2) is 0 Å². The summed E-state index contributed by atoms with van der Waals surface area (Å²) in [5, 5.41) is 11.2. The van der Waals surface area contributed by atoms with E-state index in [1.165, 1.54) is 23.1 Å². The van der Waals surface area contributed by atoms with E-state index in [0.29, 0.717) is 32.0 Å². The number of carbonyl (C=O) groups is 1. The lowest BCUT2D eigenvalue weighted by Gasteiger charge is -2.12. The zero-order chi connectivity index (χ0) is 21.7. The van der Waals surface area contributed by atoms with Gasteiger partial charge in [-0.05, 0) is 24.3 Å². The van der Waals surface area contributed by atoms with Crippen molar-refractivity contribution in [3.05, 3.63) is 63.0 Å². The molecule has 0 atom stereocenters. The van der Waals surface area contributed by atoms with Gasteiger partial charge < -0.3 is 14.2 Å². The maximum atomic E-state index is 12.3. The monoisotopic (exact) mass is 446 g/mol. The van der Waals surface area contributed by atoms with E-state index in [-0.39, 0.29) is 24.8 Å². The summed E-state index contributed by atoms with van der Waals surface area (Å²) in [5.41, 5.74) is 0.307. The van der Waals surface area contributed by atoms with Crippen LogP contribution >= 0.6 is 24.0 Å². The van der Waals surface area contributed by atoms with Crippen LogP contribution in [0.4, 0.5) is 5.69 Å². The molecule has 1 aliphatic rings. The number of para-hydroxylation sites is 2. The summed E-state index contributed by atoms with van der Waals surface area (Å²) in [6.07, 6.45) is 1.55. The van der Waals surface area contributed by atoms with Crippen molar-refractivity contribution in [3.8, 4) is 17.2 Å². The zero-order valence-corrected chi connectivity index (χ0v) is 17.8. The molecule has 0 unspecified atom stereocenters. The van der Waals surface area contributed by atoms with Gasteiger partial charge >= 0.3 is 0 Å². The third kappa shape index (κ3) is 4.89. The van der Waals surface area contributed by atoms with Crippen LogP contribution < -0.4 is 14.2 Å². The molecule has 156 valence electrons. The molecule has 0 bridgehead atoms. The number of thiocarbonyl (C=S) groups is 1. The molecule has 0 radical (unpaired) electrons. The Labute approximate surface area is 182 Å². The van der Waals surface area contributed by atoms with Crippen LogP contribution in [0.5, 0.6) is 17.2 Å². The molecule has 0 spiro atoms. The Morgan fingerprint density at radius 1 is 1.13 bits per heavy atom. The summed E-state index contributed by atoms with van der Waals surface area (Å²) in [6, 6.07) is 11.4. The average molecular weight is 447 g/mol. The molecular formula is C20H18N2O6S2. The van der Waals surface area contributed by atoms with Gasteiger partial charge in [0.05, 0.1) is 16.9 Å². The Bertz CT molecular complexity index is 1020. The quantitative estimate of drug-likeness (QED) is 0.198. The van der Waals surface area contributed by atoms with Gasteiger partial charge in [0.15, 0.2) is 11.5 Å². The number of rotatable bonds is 8. The van der Waals surface area contributed by atoms with Gasteiger partial charge in [-0.15, -0.1) is 0 Å². The van der Waals surface area contributed by atoms with Crippen molar-refractivity contribution in [2.75, 3.05) is 27.4 Å². The first-order valence-electron chi connectivity index (χ1n) is 8.79. The van der Waals surface area contributed by atoms with E-state index in [1.54, 1.807) is 32.4 Å². The highest BCUT2D eigenvalue weighted by molar-refractivity contribution is 8.26. The zero-order valence-electron chi connectivity index (χ0n) is 16.2. The second-order valence-electron chi connectivity index (χ2n) is 6.07. The maximum Gasteiger partial charge on any atom is 0.270 e. The Hall–Kier alpha value is -3.11. The molecule has 2 aromatic carbocycles. The molecule has 10 heteroatoms. The summed E-state index contributed by atoms with van der Waals surface area (Å²) in [7, 11) is 3.14. The highest BCUT2D eigenvalue weighted by Gasteiger charge is 2.29. The SMILES string of the molecule is COc1ccccc1OCCOc1ccc([N+](=O)[O-])cc1/C=C1\SC(=S)N(C)C1=O. The van der Waals surface area contributed by atoms with Crippen LogP contribution in [-0.2, 0) is 4.79 Å². The minimum atomic E-state index is -0.503. The average Bonchev–Trinajstić information content (AvgIpc) is 2.98. The molecule has 30 heavy (non-hydrogen) atoms. The molecule has 1 amide bonds. The first-order chi connectivity index (χ1) is 14.4. The van der Waals surface area contributed by atoms with Crippen molar-refractivity contribution in [3.63, 3.8) is 0 Å². The number of nitro benzene ring substituents is 1. The normalized spacial score (nSPS) is 14.9. The third-order valence-electron chi connectivity index (χ3n) is 4.14. The smallest absolute Gasteiger partial charge is 0.270 e. The van der Waals surface area contributed by atoms with E-state index in [2.05, 4.69) is 0 Å². The van der Waals surface area contributed by atoms with E-state index >= 15 is 0 Å². The third-order valence-corrected chi connectivity index (χ3v) is 5.63. The number of likely N-dealkylation sites (N-methyl/N-ethyl adjacent to an activating group) is 1. The van der Waals surface area contributed by atoms with Crippen molar-refractivity contribution in [1.29, 1.82) is 0 Å². The summed E-state index contributed by atoms with van der Waals surface area (Å²) < 4.78 is 17.1. The molecular weight excluding hydrogens is 428 g/mol. The van der Waals surface area contributed by atoms with E-state index in [0.717, 1.165) is 11.8 Å². The molecule has 0 saturated carbocycles. The van der Waals surface area contributed by atoms with Crippen molar-refractivity contribution in [1.82, 2.24) is 4.90 Å². The van der Waals surface area contributed by atoms with Crippen LogP contribution in [0.25, 0.3) is 6.08 Å². The fraction of sp³-hybridized carbons (Fsp3) is 0.200. The van der Waals surface area contributed by atoms with Crippen molar-refractivity contribution >= 4 is 46.0 Å². The van der Waals surface area contributed by atoms with Crippen LogP contribution in [0.1, 0.15) is 5.56 Å². The molecule has 0 N–H and O–H groups in total. The second kappa shape index (κ2) is 9.59. The number of hydrogen-bond donors (Lipinski definition) is 0. The largest absolute Gasteiger partial charge is 0.493 e. The number of carbonyl (C=O) groups excluding carboxylic acids is 1. The van der Waals surface area contributed by atoms with Gasteiger partial charge in [0.1, 0.15) is 23.3 Å². The summed E-state index contributed by atoms with van der Waals surface area (Å²) in [4.78, 5) is 24.7. The Balaban J connectivity index is 1.75. The second-order valence-corrected chi connectivity index (χ2v) is 7.74. The van der Waals surface area contributed by atoms with Crippen molar-refractivity contribution < 1.29 is 23.9 Å². The van der Waals surface area contributed by atoms with Crippen LogP contribution in [0.3, 0.4) is 0 Å². The highest BCUT2D eigenvalue weighted by atomic mass is 32.2. The standard InChI is InChI=1S/C20H18N2O6S2/c1-21-19(23)18(30-20(21)29)12-13-11-14(22(24)25)7-8-15(13)27-9-10-28-17-6-4-3-5-16(17)26-2/h3-8,11-12H,9-10H2,1-2H3/b18-12-. The molecule has 1 saturated heterocycles. The number of methoxy groups -OCH3 is 1. The summed E-state index contributed by atoms with van der Waals surface area (Å²) in [6.45, 7) is 0.416. The molecule has 0 aromatic heterocycles. The summed E-state index contributed by atoms with van der Waals surface area (Å²) in [5.74, 6) is 1.32. The number of thioether (sulfide) groups is 1. The lowest BCUT2D eigenvalue weighted by Crippen LogP contribution is -2.22. The van der Waals surface area contributed by atoms with E-state index in [1.807, 2.05) is 12.1 Å². The fourth-order valence-corrected chi connectivity index (χ4v) is 3.79. The molecule has 1 aliphatic heterocycles. The molecule has 3 rings (SSSR count). The number of benzene rings is 2. The number of non-ortho nitro benzene ring substituents is 1. The fourth-order valence-electron chi connectivity index (χ4n) is 2.62. The molecule has 1 fully saturated rings. The lowest BCUT2D eigenvalue weighted by atomic mass is 10.1. The number of nitro groups is 1. The van der Waals surface area contributed by atoms with Crippen LogP contribution in [0.15, 0.2) is 47.4 Å². The highest BCUT2D eigenvalue weighted by Crippen LogP contribution is 2.34. The predicted octanol–water partition coefficient (Wildman–Crippen LogP) is 3.89. The number of nitrogens with zero attached hydrogens (tertiary/aromatic N) is 2. The van der Waals surface area contributed by atoms with E-state index < -0.39 is 4.92 Å². The van der Waals surface area contributed by atoms with Crippen molar-refractivity contribution in [2.24, 2.45) is 0 Å². The minimum absolute atomic E-state index is 0.106. The van der Waals surface area contributed by atoms with Gasteiger partial charge in [0.2, 0.25) is 0 Å². The maximum absolute atomic E-state index is 12.3. The van der Waals surface area contributed by atoms with Gasteiger partial charge in [-0.3, -0.25) is 19.8 Å². The number of ether oxygens (including phenoxy) is 3. The lowest BCUT2D eigenvalue weighted by molar-refractivity contribution is -0.384.